The number of hydrogen-bond acceptors (Lipinski definition) is 1. The van der Waals surface area contributed by atoms with E-state index in [2.05, 4.69) is 80.6 Å². The molecule has 3 rings (SSSR count). The first-order valence-corrected chi connectivity index (χ1v) is 8.95. The van der Waals surface area contributed by atoms with Crippen LogP contribution in [0.1, 0.15) is 37.0 Å². The highest BCUT2D eigenvalue weighted by molar-refractivity contribution is 5.29. The predicted molar refractivity (Wildman–Crippen MR) is 105 cm³/mol. The van der Waals surface area contributed by atoms with Crippen LogP contribution in [0.25, 0.3) is 0 Å². The zero-order chi connectivity index (χ0) is 17.5. The van der Waals surface area contributed by atoms with Crippen molar-refractivity contribution in [3.8, 4) is 5.75 Å². The maximum Gasteiger partial charge on any atom is 0.119 e. The Balaban J connectivity index is 1.54. The van der Waals surface area contributed by atoms with E-state index < -0.39 is 0 Å². The maximum atomic E-state index is 5.86. The molecule has 0 saturated heterocycles. The number of rotatable bonds is 7. The Hall–Kier alpha value is -2.54. The van der Waals surface area contributed by atoms with Gasteiger partial charge in [-0.15, -0.1) is 0 Å². The van der Waals surface area contributed by atoms with Crippen LogP contribution >= 0.6 is 0 Å². The lowest BCUT2D eigenvalue weighted by molar-refractivity contribution is 0.306. The van der Waals surface area contributed by atoms with Crippen LogP contribution in [0.3, 0.4) is 0 Å². The first-order valence-electron chi connectivity index (χ1n) is 8.95. The molecule has 0 amide bonds. The van der Waals surface area contributed by atoms with Gasteiger partial charge in [-0.3, -0.25) is 0 Å². The molecule has 0 aliphatic heterocycles. The van der Waals surface area contributed by atoms with Crippen LogP contribution in [-0.4, -0.2) is 0 Å². The van der Waals surface area contributed by atoms with Crippen LogP contribution in [0.15, 0.2) is 84.9 Å². The lowest BCUT2D eigenvalue weighted by Crippen LogP contribution is -2.17. The van der Waals surface area contributed by atoms with Gasteiger partial charge < -0.3 is 4.74 Å². The molecule has 0 N–H and O–H groups in total. The van der Waals surface area contributed by atoms with E-state index in [0.29, 0.717) is 6.61 Å². The molecule has 128 valence electrons. The molecule has 0 aromatic heterocycles. The molecule has 25 heavy (non-hydrogen) atoms. The Labute approximate surface area is 151 Å². The van der Waals surface area contributed by atoms with E-state index >= 15 is 0 Å². The molecule has 3 aromatic rings. The summed E-state index contributed by atoms with van der Waals surface area (Å²) in [5.74, 6) is 0.926. The molecule has 0 spiro atoms. The topological polar surface area (TPSA) is 9.23 Å². The molecule has 0 heterocycles. The average molecular weight is 330 g/mol. The van der Waals surface area contributed by atoms with Gasteiger partial charge in [0, 0.05) is 0 Å². The minimum atomic E-state index is 0.184. The van der Waals surface area contributed by atoms with Crippen molar-refractivity contribution in [3.05, 3.63) is 102 Å². The van der Waals surface area contributed by atoms with Crippen LogP contribution in [0, 0.1) is 0 Å². The molecular formula is C24H26O. The van der Waals surface area contributed by atoms with E-state index in [9.17, 15) is 0 Å². The van der Waals surface area contributed by atoms with Gasteiger partial charge in [0.25, 0.3) is 0 Å². The molecule has 1 nitrogen and oxygen atoms in total. The summed E-state index contributed by atoms with van der Waals surface area (Å²) in [5, 5.41) is 0. The van der Waals surface area contributed by atoms with Crippen molar-refractivity contribution >= 4 is 0 Å². The molecule has 0 aliphatic carbocycles. The van der Waals surface area contributed by atoms with Gasteiger partial charge in [-0.05, 0) is 47.1 Å². The third-order valence-electron chi connectivity index (χ3n) is 4.77. The van der Waals surface area contributed by atoms with Crippen LogP contribution < -0.4 is 4.74 Å². The Kier molecular flexibility index (Phi) is 5.55. The maximum absolute atomic E-state index is 5.86. The lowest BCUT2D eigenvalue weighted by atomic mass is 9.80. The molecule has 0 aliphatic rings. The fourth-order valence-corrected chi connectivity index (χ4v) is 2.98. The standard InChI is InChI=1S/C24H26O/c1-24(2,22-11-7-4-8-12-22)18-17-20-13-15-23(16-14-20)25-19-21-9-5-3-6-10-21/h3-16H,17-19H2,1-2H3. The smallest absolute Gasteiger partial charge is 0.119 e. The van der Waals surface area contributed by atoms with Crippen molar-refractivity contribution < 1.29 is 4.74 Å². The largest absolute Gasteiger partial charge is 0.489 e. The zero-order valence-corrected chi connectivity index (χ0v) is 15.1. The summed E-state index contributed by atoms with van der Waals surface area (Å²) < 4.78 is 5.86. The Morgan fingerprint density at radius 2 is 1.28 bits per heavy atom. The molecule has 0 saturated carbocycles. The van der Waals surface area contributed by atoms with Crippen molar-refractivity contribution in [3.63, 3.8) is 0 Å². The molecule has 0 unspecified atom stereocenters. The Morgan fingerprint density at radius 3 is 1.92 bits per heavy atom. The number of hydrogen-bond donors (Lipinski definition) is 0. The molecule has 0 atom stereocenters. The minimum absolute atomic E-state index is 0.184. The second-order valence-electron chi connectivity index (χ2n) is 7.17. The van der Waals surface area contributed by atoms with Gasteiger partial charge in [0.05, 0.1) is 0 Å². The summed E-state index contributed by atoms with van der Waals surface area (Å²) in [5.41, 5.74) is 4.13. The predicted octanol–water partition coefficient (Wildman–Crippen LogP) is 6.18. The highest BCUT2D eigenvalue weighted by Crippen LogP contribution is 2.28. The van der Waals surface area contributed by atoms with E-state index in [1.165, 1.54) is 16.7 Å². The summed E-state index contributed by atoms with van der Waals surface area (Å²) in [4.78, 5) is 0. The van der Waals surface area contributed by atoms with Gasteiger partial charge in [-0.2, -0.15) is 0 Å². The fraction of sp³-hybridized carbons (Fsp3) is 0.250. The van der Waals surface area contributed by atoms with Gasteiger partial charge in [0.1, 0.15) is 12.4 Å². The van der Waals surface area contributed by atoms with Gasteiger partial charge >= 0.3 is 0 Å². The normalized spacial score (nSPS) is 11.3. The second-order valence-corrected chi connectivity index (χ2v) is 7.17. The number of ether oxygens (including phenoxy) is 1. The van der Waals surface area contributed by atoms with E-state index in [1.807, 2.05) is 18.2 Å². The molecule has 0 bridgehead atoms. The number of benzene rings is 3. The molecule has 3 aromatic carbocycles. The van der Waals surface area contributed by atoms with Crippen LogP contribution in [-0.2, 0) is 18.4 Å². The summed E-state index contributed by atoms with van der Waals surface area (Å²) in [6.07, 6.45) is 2.20. The average Bonchev–Trinajstić information content (AvgIpc) is 2.67. The van der Waals surface area contributed by atoms with E-state index in [1.54, 1.807) is 0 Å². The van der Waals surface area contributed by atoms with Crippen molar-refractivity contribution in [2.45, 2.75) is 38.7 Å². The van der Waals surface area contributed by atoms with Crippen LogP contribution in [0.4, 0.5) is 0 Å². The zero-order valence-electron chi connectivity index (χ0n) is 15.1. The second kappa shape index (κ2) is 8.02. The van der Waals surface area contributed by atoms with Crippen LogP contribution in [0.2, 0.25) is 0 Å². The van der Waals surface area contributed by atoms with E-state index in [0.717, 1.165) is 18.6 Å². The van der Waals surface area contributed by atoms with Gasteiger partial charge in [0.2, 0.25) is 0 Å². The first-order chi connectivity index (χ1) is 12.1. The van der Waals surface area contributed by atoms with Gasteiger partial charge in [0.15, 0.2) is 0 Å². The summed E-state index contributed by atoms with van der Waals surface area (Å²) in [7, 11) is 0. The van der Waals surface area contributed by atoms with Crippen molar-refractivity contribution in [1.82, 2.24) is 0 Å². The number of aryl methyl sites for hydroxylation is 1. The Bertz CT molecular complexity index is 758. The highest BCUT2D eigenvalue weighted by Gasteiger charge is 2.19. The van der Waals surface area contributed by atoms with E-state index in [4.69, 9.17) is 4.74 Å². The quantitative estimate of drug-likeness (QED) is 0.503. The summed E-state index contributed by atoms with van der Waals surface area (Å²) >= 11 is 0. The fourth-order valence-electron chi connectivity index (χ4n) is 2.98. The SMILES string of the molecule is CC(C)(CCc1ccc(OCc2ccccc2)cc1)c1ccccc1. The highest BCUT2D eigenvalue weighted by atomic mass is 16.5. The third kappa shape index (κ3) is 4.96. The molecule has 0 fully saturated rings. The van der Waals surface area contributed by atoms with Crippen LogP contribution in [0.5, 0.6) is 5.75 Å². The molecule has 1 heteroatoms. The van der Waals surface area contributed by atoms with Crippen molar-refractivity contribution in [2.75, 3.05) is 0 Å². The van der Waals surface area contributed by atoms with E-state index in [-0.39, 0.29) is 5.41 Å². The van der Waals surface area contributed by atoms with Gasteiger partial charge in [-0.25, -0.2) is 0 Å². The minimum Gasteiger partial charge on any atom is -0.489 e. The summed E-state index contributed by atoms with van der Waals surface area (Å²) in [6.45, 7) is 5.25. The Morgan fingerprint density at radius 1 is 0.680 bits per heavy atom. The van der Waals surface area contributed by atoms with Crippen molar-refractivity contribution in [1.29, 1.82) is 0 Å². The monoisotopic (exact) mass is 330 g/mol. The van der Waals surface area contributed by atoms with Crippen molar-refractivity contribution in [2.24, 2.45) is 0 Å². The third-order valence-corrected chi connectivity index (χ3v) is 4.77. The first kappa shape index (κ1) is 17.3. The van der Waals surface area contributed by atoms with Gasteiger partial charge in [-0.1, -0.05) is 86.6 Å². The lowest BCUT2D eigenvalue weighted by Gasteiger charge is -2.25. The molecule has 0 radical (unpaired) electrons. The summed E-state index contributed by atoms with van der Waals surface area (Å²) in [6, 6.07) is 29.5. The molecular weight excluding hydrogens is 304 g/mol.